The van der Waals surface area contributed by atoms with Crippen LogP contribution in [0.4, 0.5) is 18.9 Å². The first-order valence-corrected chi connectivity index (χ1v) is 7.61. The molecule has 2 nitrogen and oxygen atoms in total. The highest BCUT2D eigenvalue weighted by atomic mass is 35.5. The summed E-state index contributed by atoms with van der Waals surface area (Å²) in [6, 6.07) is 3.77. The maximum atomic E-state index is 12.8. The zero-order valence-corrected chi connectivity index (χ0v) is 12.8. The molecule has 1 atom stereocenters. The molecule has 1 aliphatic rings. The molecule has 0 bridgehead atoms. The highest BCUT2D eigenvalue weighted by Gasteiger charge is 2.32. The molecule has 1 N–H and O–H groups in total. The second-order valence-corrected chi connectivity index (χ2v) is 5.94. The maximum Gasteiger partial charge on any atom is 0.416 e. The van der Waals surface area contributed by atoms with Crippen LogP contribution in [0.2, 0.25) is 5.02 Å². The molecule has 6 heteroatoms. The minimum atomic E-state index is -4.36. The molecule has 1 aromatic rings. The van der Waals surface area contributed by atoms with Crippen LogP contribution in [0, 0.1) is 5.92 Å². The van der Waals surface area contributed by atoms with Crippen molar-refractivity contribution in [3.8, 4) is 0 Å². The first kappa shape index (κ1) is 16.4. The molecule has 0 saturated carbocycles. The number of benzene rings is 1. The Morgan fingerprint density at radius 1 is 1.33 bits per heavy atom. The van der Waals surface area contributed by atoms with Gasteiger partial charge in [0.2, 0.25) is 0 Å². The van der Waals surface area contributed by atoms with E-state index in [1.54, 1.807) is 6.07 Å². The molecule has 0 radical (unpaired) electrons. The maximum absolute atomic E-state index is 12.8. The SMILES string of the molecule is CCCNCC1CCN(c2cc(Cl)cc(C(F)(F)F)c2)C1. The van der Waals surface area contributed by atoms with E-state index in [1.165, 1.54) is 6.07 Å². The van der Waals surface area contributed by atoms with Gasteiger partial charge >= 0.3 is 6.18 Å². The molecule has 0 aromatic heterocycles. The van der Waals surface area contributed by atoms with Crippen molar-refractivity contribution < 1.29 is 13.2 Å². The average Bonchev–Trinajstić information content (AvgIpc) is 2.86. The second kappa shape index (κ2) is 6.88. The quantitative estimate of drug-likeness (QED) is 0.819. The van der Waals surface area contributed by atoms with Crippen LogP contribution < -0.4 is 10.2 Å². The van der Waals surface area contributed by atoms with Crippen molar-refractivity contribution in [1.29, 1.82) is 0 Å². The van der Waals surface area contributed by atoms with Gasteiger partial charge in [0.1, 0.15) is 0 Å². The van der Waals surface area contributed by atoms with E-state index in [1.807, 2.05) is 4.90 Å². The van der Waals surface area contributed by atoms with E-state index in [0.29, 0.717) is 11.6 Å². The van der Waals surface area contributed by atoms with Crippen molar-refractivity contribution in [2.24, 2.45) is 5.92 Å². The van der Waals surface area contributed by atoms with E-state index in [-0.39, 0.29) is 5.02 Å². The molecule has 21 heavy (non-hydrogen) atoms. The Morgan fingerprint density at radius 3 is 2.76 bits per heavy atom. The van der Waals surface area contributed by atoms with Crippen LogP contribution in [-0.4, -0.2) is 26.2 Å². The highest BCUT2D eigenvalue weighted by molar-refractivity contribution is 6.30. The fraction of sp³-hybridized carbons (Fsp3) is 0.600. The van der Waals surface area contributed by atoms with E-state index >= 15 is 0 Å². The first-order chi connectivity index (χ1) is 9.90. The van der Waals surface area contributed by atoms with Crippen LogP contribution in [0.25, 0.3) is 0 Å². The molecular weight excluding hydrogens is 301 g/mol. The second-order valence-electron chi connectivity index (χ2n) is 5.50. The lowest BCUT2D eigenvalue weighted by Crippen LogP contribution is -2.27. The summed E-state index contributed by atoms with van der Waals surface area (Å²) in [6.07, 6.45) is -2.29. The molecule has 0 aliphatic carbocycles. The van der Waals surface area contributed by atoms with Crippen molar-refractivity contribution in [2.45, 2.75) is 25.9 Å². The Hall–Kier alpha value is -0.940. The van der Waals surface area contributed by atoms with Gasteiger partial charge < -0.3 is 10.2 Å². The lowest BCUT2D eigenvalue weighted by atomic mass is 10.1. The summed E-state index contributed by atoms with van der Waals surface area (Å²) in [5, 5.41) is 3.50. The van der Waals surface area contributed by atoms with Gasteiger partial charge in [-0.25, -0.2) is 0 Å². The van der Waals surface area contributed by atoms with Gasteiger partial charge in [-0.3, -0.25) is 0 Å². The van der Waals surface area contributed by atoms with Crippen LogP contribution in [0.15, 0.2) is 18.2 Å². The minimum Gasteiger partial charge on any atom is -0.371 e. The number of alkyl halides is 3. The Labute approximate surface area is 128 Å². The molecule has 1 saturated heterocycles. The number of halogens is 4. The van der Waals surface area contributed by atoms with Crippen LogP contribution in [0.3, 0.4) is 0 Å². The summed E-state index contributed by atoms with van der Waals surface area (Å²) in [6.45, 7) is 5.55. The first-order valence-electron chi connectivity index (χ1n) is 7.23. The number of nitrogens with one attached hydrogen (secondary N) is 1. The number of nitrogens with zero attached hydrogens (tertiary/aromatic N) is 1. The Morgan fingerprint density at radius 2 is 2.10 bits per heavy atom. The molecule has 2 rings (SSSR count). The summed E-state index contributed by atoms with van der Waals surface area (Å²) in [7, 11) is 0. The van der Waals surface area contributed by atoms with Gasteiger partial charge in [0.05, 0.1) is 5.56 Å². The zero-order chi connectivity index (χ0) is 15.5. The minimum absolute atomic E-state index is 0.132. The van der Waals surface area contributed by atoms with Crippen LogP contribution in [0.5, 0.6) is 0 Å². The molecule has 118 valence electrons. The Balaban J connectivity index is 2.04. The van der Waals surface area contributed by atoms with Gasteiger partial charge in [0.25, 0.3) is 0 Å². The van der Waals surface area contributed by atoms with Crippen LogP contribution in [-0.2, 0) is 6.18 Å². The van der Waals surface area contributed by atoms with E-state index in [9.17, 15) is 13.2 Å². The molecule has 1 unspecified atom stereocenters. The van der Waals surface area contributed by atoms with Crippen LogP contribution in [0.1, 0.15) is 25.3 Å². The molecule has 0 amide bonds. The monoisotopic (exact) mass is 320 g/mol. The molecule has 1 aromatic carbocycles. The predicted molar refractivity (Wildman–Crippen MR) is 79.9 cm³/mol. The van der Waals surface area contributed by atoms with Crippen molar-refractivity contribution in [3.05, 3.63) is 28.8 Å². The summed E-state index contributed by atoms with van der Waals surface area (Å²) in [5.41, 5.74) is -0.120. The number of rotatable bonds is 5. The average molecular weight is 321 g/mol. The molecule has 1 heterocycles. The summed E-state index contributed by atoms with van der Waals surface area (Å²) in [4.78, 5) is 1.99. The third-order valence-corrected chi connectivity index (χ3v) is 3.94. The van der Waals surface area contributed by atoms with Gasteiger partial charge in [-0.1, -0.05) is 18.5 Å². The standard InChI is InChI=1S/C15H20ClF3N2/c1-2-4-20-9-11-3-5-21(10-11)14-7-12(15(17,18)19)6-13(16)8-14/h6-8,11,20H,2-5,9-10H2,1H3. The van der Waals surface area contributed by atoms with Crippen LogP contribution >= 0.6 is 11.6 Å². The van der Waals surface area contributed by atoms with E-state index in [4.69, 9.17) is 11.6 Å². The van der Waals surface area contributed by atoms with Crippen molar-refractivity contribution in [3.63, 3.8) is 0 Å². The fourth-order valence-electron chi connectivity index (χ4n) is 2.64. The Kier molecular flexibility index (Phi) is 5.38. The van der Waals surface area contributed by atoms with Gasteiger partial charge in [-0.2, -0.15) is 13.2 Å². The van der Waals surface area contributed by atoms with Gasteiger partial charge in [-0.05, 0) is 50.0 Å². The lowest BCUT2D eigenvalue weighted by molar-refractivity contribution is -0.137. The largest absolute Gasteiger partial charge is 0.416 e. The zero-order valence-electron chi connectivity index (χ0n) is 12.0. The molecular formula is C15H20ClF3N2. The summed E-state index contributed by atoms with van der Waals surface area (Å²) >= 11 is 5.83. The molecule has 0 spiro atoms. The van der Waals surface area contributed by atoms with Gasteiger partial charge in [-0.15, -0.1) is 0 Å². The smallest absolute Gasteiger partial charge is 0.371 e. The van der Waals surface area contributed by atoms with Crippen molar-refractivity contribution >= 4 is 17.3 Å². The Bertz CT molecular complexity index is 476. The molecule has 1 fully saturated rings. The normalized spacial score (nSPS) is 19.3. The van der Waals surface area contributed by atoms with E-state index < -0.39 is 11.7 Å². The third kappa shape index (κ3) is 4.51. The number of hydrogen-bond donors (Lipinski definition) is 1. The third-order valence-electron chi connectivity index (χ3n) is 3.72. The number of hydrogen-bond acceptors (Lipinski definition) is 2. The lowest BCUT2D eigenvalue weighted by Gasteiger charge is -2.21. The predicted octanol–water partition coefficient (Wildman–Crippen LogP) is 4.18. The van der Waals surface area contributed by atoms with Crippen molar-refractivity contribution in [2.75, 3.05) is 31.1 Å². The highest BCUT2D eigenvalue weighted by Crippen LogP contribution is 2.35. The van der Waals surface area contributed by atoms with Gasteiger partial charge in [0, 0.05) is 23.8 Å². The molecule has 1 aliphatic heterocycles. The van der Waals surface area contributed by atoms with Gasteiger partial charge in [0.15, 0.2) is 0 Å². The van der Waals surface area contributed by atoms with Crippen molar-refractivity contribution in [1.82, 2.24) is 5.32 Å². The summed E-state index contributed by atoms with van der Waals surface area (Å²) < 4.78 is 38.5. The van der Waals surface area contributed by atoms with E-state index in [0.717, 1.165) is 45.1 Å². The van der Waals surface area contributed by atoms with E-state index in [2.05, 4.69) is 12.2 Å². The number of anilines is 1. The topological polar surface area (TPSA) is 15.3 Å². The summed E-state index contributed by atoms with van der Waals surface area (Å²) in [5.74, 6) is 0.477. The fourth-order valence-corrected chi connectivity index (χ4v) is 2.87.